The summed E-state index contributed by atoms with van der Waals surface area (Å²) in [5.74, 6) is 2.26. The minimum Gasteiger partial charge on any atom is -0.505 e. The van der Waals surface area contributed by atoms with Gasteiger partial charge in [0.25, 0.3) is 0 Å². The van der Waals surface area contributed by atoms with Crippen molar-refractivity contribution in [2.45, 2.75) is 38.1 Å². The maximum atomic E-state index is 12.0. The molecule has 1 aliphatic heterocycles. The van der Waals surface area contributed by atoms with E-state index in [1.165, 1.54) is 12.8 Å². The minimum atomic E-state index is -0.269. The number of amides is 2. The number of likely N-dealkylation sites (tertiary alicyclic amines) is 1. The zero-order chi connectivity index (χ0) is 25.8. The summed E-state index contributed by atoms with van der Waals surface area (Å²) in [5, 5.41) is 6.70. The molecule has 2 aliphatic rings. The Morgan fingerprint density at radius 2 is 1.97 bits per heavy atom. The number of rotatable bonds is 8. The second kappa shape index (κ2) is 11.2. The molecule has 2 amide bonds. The number of benzene rings is 2. The van der Waals surface area contributed by atoms with Crippen molar-refractivity contribution < 1.29 is 14.3 Å². The molecule has 0 atom stereocenters. The van der Waals surface area contributed by atoms with Gasteiger partial charge < -0.3 is 25.0 Å². The van der Waals surface area contributed by atoms with Crippen molar-refractivity contribution in [1.29, 1.82) is 0 Å². The molecule has 5 rings (SSSR count). The zero-order valence-corrected chi connectivity index (χ0v) is 21.6. The number of aromatic nitrogens is 1. The average molecular weight is 520 g/mol. The van der Waals surface area contributed by atoms with Gasteiger partial charge in [0.05, 0.1) is 29.4 Å². The third kappa shape index (κ3) is 6.43. The summed E-state index contributed by atoms with van der Waals surface area (Å²) >= 11 is 6.40. The molecule has 2 heterocycles. The highest BCUT2D eigenvalue weighted by atomic mass is 35.5. The molecule has 2 fully saturated rings. The Morgan fingerprint density at radius 1 is 1.16 bits per heavy atom. The predicted octanol–water partition coefficient (Wildman–Crippen LogP) is 6.63. The zero-order valence-electron chi connectivity index (χ0n) is 20.8. The number of nitrogens with one attached hydrogen (secondary N) is 2. The SMILES string of the molecule is [C-]#[N+]c1cc2c(Oc3ccc(NC(=O)NC4CC4)c(Cl)c3)ccnc2cc1OCCC1CCN(C)CC1. The number of hydrogen-bond acceptors (Lipinski definition) is 5. The molecule has 0 bridgehead atoms. The summed E-state index contributed by atoms with van der Waals surface area (Å²) in [6, 6.07) is 10.4. The molecule has 1 saturated carbocycles. The quantitative estimate of drug-likeness (QED) is 0.327. The number of pyridine rings is 1. The van der Waals surface area contributed by atoms with Crippen molar-refractivity contribution in [2.75, 3.05) is 32.1 Å². The van der Waals surface area contributed by atoms with Crippen LogP contribution in [-0.4, -0.2) is 48.7 Å². The Bertz CT molecular complexity index is 1330. The van der Waals surface area contributed by atoms with Crippen LogP contribution in [0.15, 0.2) is 42.6 Å². The van der Waals surface area contributed by atoms with E-state index < -0.39 is 0 Å². The fraction of sp³-hybridized carbons (Fsp3) is 0.393. The Hall–Kier alpha value is -3.54. The first-order valence-electron chi connectivity index (χ1n) is 12.6. The maximum Gasteiger partial charge on any atom is 0.319 e. The lowest BCUT2D eigenvalue weighted by atomic mass is 9.94. The number of carbonyl (C=O) groups is 1. The Morgan fingerprint density at radius 3 is 2.70 bits per heavy atom. The van der Waals surface area contributed by atoms with Gasteiger partial charge in [-0.25, -0.2) is 9.64 Å². The third-order valence-electron chi connectivity index (χ3n) is 6.85. The lowest BCUT2D eigenvalue weighted by Gasteiger charge is -2.28. The summed E-state index contributed by atoms with van der Waals surface area (Å²) in [5.41, 5.74) is 1.61. The van der Waals surface area contributed by atoms with Crippen LogP contribution in [0.25, 0.3) is 15.7 Å². The van der Waals surface area contributed by atoms with Gasteiger partial charge >= 0.3 is 6.03 Å². The first kappa shape index (κ1) is 25.1. The van der Waals surface area contributed by atoms with Gasteiger partial charge in [0.1, 0.15) is 17.2 Å². The Kier molecular flexibility index (Phi) is 7.63. The van der Waals surface area contributed by atoms with E-state index in [1.807, 2.05) is 6.07 Å². The number of piperidine rings is 1. The highest BCUT2D eigenvalue weighted by molar-refractivity contribution is 6.33. The van der Waals surface area contributed by atoms with E-state index in [-0.39, 0.29) is 12.1 Å². The Balaban J connectivity index is 1.28. The van der Waals surface area contributed by atoms with Crippen LogP contribution in [0.4, 0.5) is 16.2 Å². The largest absolute Gasteiger partial charge is 0.505 e. The monoisotopic (exact) mass is 519 g/mol. The van der Waals surface area contributed by atoms with E-state index in [1.54, 1.807) is 36.5 Å². The number of halogens is 1. The maximum absolute atomic E-state index is 12.0. The van der Waals surface area contributed by atoms with E-state index in [0.29, 0.717) is 57.1 Å². The molecule has 9 heteroatoms. The van der Waals surface area contributed by atoms with E-state index in [4.69, 9.17) is 27.6 Å². The fourth-order valence-electron chi connectivity index (χ4n) is 4.47. The molecular formula is C28H30ClN5O3. The predicted molar refractivity (Wildman–Crippen MR) is 145 cm³/mol. The molecular weight excluding hydrogens is 490 g/mol. The summed E-state index contributed by atoms with van der Waals surface area (Å²) in [6.45, 7) is 10.5. The van der Waals surface area contributed by atoms with Gasteiger partial charge in [-0.3, -0.25) is 4.98 Å². The molecule has 1 saturated heterocycles. The van der Waals surface area contributed by atoms with Crippen LogP contribution in [0.3, 0.4) is 0 Å². The van der Waals surface area contributed by atoms with E-state index in [2.05, 4.69) is 32.4 Å². The molecule has 1 aliphatic carbocycles. The van der Waals surface area contributed by atoms with Gasteiger partial charge in [-0.2, -0.15) is 0 Å². The molecule has 0 unspecified atom stereocenters. The molecule has 37 heavy (non-hydrogen) atoms. The smallest absolute Gasteiger partial charge is 0.319 e. The van der Waals surface area contributed by atoms with Crippen LogP contribution in [0.2, 0.25) is 5.02 Å². The average Bonchev–Trinajstić information content (AvgIpc) is 3.70. The lowest BCUT2D eigenvalue weighted by Crippen LogP contribution is -2.30. The topological polar surface area (TPSA) is 80.1 Å². The number of nitrogens with zero attached hydrogens (tertiary/aromatic N) is 3. The standard InChI is InChI=1S/C28H30ClN5O3/c1-30-25-16-21-24(17-27(25)36-14-10-18-8-12-34(2)13-9-18)31-11-7-26(21)37-20-5-6-23(22(29)15-20)33-28(35)32-19-3-4-19/h5-7,11,15-19H,3-4,8-10,12-14H2,2H3,(H2,32,33,35). The lowest BCUT2D eigenvalue weighted by molar-refractivity contribution is 0.188. The van der Waals surface area contributed by atoms with Crippen molar-refractivity contribution >= 4 is 39.9 Å². The molecule has 0 spiro atoms. The molecule has 1 aromatic heterocycles. The van der Waals surface area contributed by atoms with E-state index in [0.717, 1.165) is 32.4 Å². The van der Waals surface area contributed by atoms with Crippen molar-refractivity contribution in [3.05, 3.63) is 59.0 Å². The first-order chi connectivity index (χ1) is 18.0. The normalized spacial score (nSPS) is 16.2. The fourth-order valence-corrected chi connectivity index (χ4v) is 4.69. The van der Waals surface area contributed by atoms with Crippen LogP contribution in [0.5, 0.6) is 17.2 Å². The third-order valence-corrected chi connectivity index (χ3v) is 7.17. The summed E-state index contributed by atoms with van der Waals surface area (Å²) in [6.07, 6.45) is 7.03. The van der Waals surface area contributed by atoms with Crippen molar-refractivity contribution in [2.24, 2.45) is 5.92 Å². The second-order valence-corrected chi connectivity index (χ2v) is 10.2. The minimum absolute atomic E-state index is 0.256. The number of carbonyl (C=O) groups excluding carboxylic acids is 1. The molecule has 8 nitrogen and oxygen atoms in total. The molecule has 192 valence electrons. The van der Waals surface area contributed by atoms with Crippen molar-refractivity contribution in [3.8, 4) is 17.2 Å². The van der Waals surface area contributed by atoms with Crippen LogP contribution in [0, 0.1) is 12.5 Å². The molecule has 3 aromatic rings. The van der Waals surface area contributed by atoms with Gasteiger partial charge in [-0.05, 0) is 88.5 Å². The number of hydrogen-bond donors (Lipinski definition) is 2. The number of urea groups is 1. The van der Waals surface area contributed by atoms with Crippen molar-refractivity contribution in [3.63, 3.8) is 0 Å². The van der Waals surface area contributed by atoms with E-state index in [9.17, 15) is 4.79 Å². The number of fused-ring (bicyclic) bond motifs is 1. The Labute approximate surface area is 221 Å². The molecule has 2 N–H and O–H groups in total. The first-order valence-corrected chi connectivity index (χ1v) is 13.0. The molecule has 0 radical (unpaired) electrons. The van der Waals surface area contributed by atoms with Gasteiger partial charge in [0.15, 0.2) is 0 Å². The molecule has 2 aromatic carbocycles. The highest BCUT2D eigenvalue weighted by Crippen LogP contribution is 2.38. The van der Waals surface area contributed by atoms with Crippen LogP contribution < -0.4 is 20.1 Å². The highest BCUT2D eigenvalue weighted by Gasteiger charge is 2.23. The van der Waals surface area contributed by atoms with Crippen LogP contribution >= 0.6 is 11.6 Å². The summed E-state index contributed by atoms with van der Waals surface area (Å²) in [7, 11) is 2.16. The summed E-state index contributed by atoms with van der Waals surface area (Å²) in [4.78, 5) is 22.5. The van der Waals surface area contributed by atoms with Gasteiger partial charge in [-0.15, -0.1) is 0 Å². The van der Waals surface area contributed by atoms with Crippen molar-refractivity contribution in [1.82, 2.24) is 15.2 Å². The van der Waals surface area contributed by atoms with Gasteiger partial charge in [0, 0.05) is 23.7 Å². The van der Waals surface area contributed by atoms with Gasteiger partial charge in [-0.1, -0.05) is 11.6 Å². The number of ether oxygens (including phenoxy) is 2. The van der Waals surface area contributed by atoms with Gasteiger partial charge in [0.2, 0.25) is 5.69 Å². The van der Waals surface area contributed by atoms with Crippen LogP contribution in [-0.2, 0) is 0 Å². The van der Waals surface area contributed by atoms with E-state index >= 15 is 0 Å². The number of anilines is 1. The summed E-state index contributed by atoms with van der Waals surface area (Å²) < 4.78 is 12.2. The second-order valence-electron chi connectivity index (χ2n) is 9.76. The van der Waals surface area contributed by atoms with Crippen LogP contribution in [0.1, 0.15) is 32.1 Å².